The maximum Gasteiger partial charge on any atom is 0.231 e. The highest BCUT2D eigenvalue weighted by molar-refractivity contribution is 5.53. The van der Waals surface area contributed by atoms with Gasteiger partial charge in [0.05, 0.1) is 5.92 Å². The molecule has 2 heterocycles. The van der Waals surface area contributed by atoms with Crippen LogP contribution in [0.4, 0.5) is 8.78 Å². The van der Waals surface area contributed by atoms with Crippen LogP contribution in [0.5, 0.6) is 0 Å². The molecule has 4 rings (SSSR count). The largest absolute Gasteiger partial charge is 0.339 e. The lowest BCUT2D eigenvalue weighted by atomic mass is 9.95. The lowest BCUT2D eigenvalue weighted by Crippen LogP contribution is -2.36. The van der Waals surface area contributed by atoms with Gasteiger partial charge in [-0.25, -0.2) is 8.78 Å². The Morgan fingerprint density at radius 1 is 1.11 bits per heavy atom. The average molecular weight is 369 g/mol. The highest BCUT2D eigenvalue weighted by Gasteiger charge is 2.29. The topological polar surface area (TPSA) is 42.2 Å². The van der Waals surface area contributed by atoms with Gasteiger partial charge in [-0.1, -0.05) is 29.4 Å². The molecule has 0 bridgehead atoms. The van der Waals surface area contributed by atoms with Crippen LogP contribution in [0.15, 0.2) is 53.1 Å². The fourth-order valence-corrected chi connectivity index (χ4v) is 3.68. The lowest BCUT2D eigenvalue weighted by molar-refractivity contribution is 0.144. The number of rotatable bonds is 4. The van der Waals surface area contributed by atoms with Gasteiger partial charge >= 0.3 is 0 Å². The van der Waals surface area contributed by atoms with Crippen LogP contribution in [0.3, 0.4) is 0 Å². The Labute approximate surface area is 156 Å². The molecule has 3 aromatic rings. The Balaban J connectivity index is 1.50. The minimum atomic E-state index is -0.327. The van der Waals surface area contributed by atoms with E-state index in [1.54, 1.807) is 24.3 Å². The fraction of sp³-hybridized carbons (Fsp3) is 0.333. The Morgan fingerprint density at radius 3 is 2.67 bits per heavy atom. The summed E-state index contributed by atoms with van der Waals surface area (Å²) in [5, 5.41) is 4.02. The van der Waals surface area contributed by atoms with E-state index in [0.717, 1.165) is 31.5 Å². The number of aromatic nitrogens is 2. The summed E-state index contributed by atoms with van der Waals surface area (Å²) in [4.78, 5) is 6.81. The summed E-state index contributed by atoms with van der Waals surface area (Å²) in [5.41, 5.74) is 1.56. The molecule has 0 spiro atoms. The van der Waals surface area contributed by atoms with E-state index < -0.39 is 0 Å². The predicted octanol–water partition coefficient (Wildman–Crippen LogP) is 4.96. The van der Waals surface area contributed by atoms with Crippen molar-refractivity contribution < 1.29 is 13.3 Å². The Morgan fingerprint density at radius 2 is 1.89 bits per heavy atom. The molecule has 2 unspecified atom stereocenters. The molecule has 0 radical (unpaired) electrons. The molecule has 1 saturated heterocycles. The summed E-state index contributed by atoms with van der Waals surface area (Å²) < 4.78 is 32.5. The standard InChI is InChI=1S/C21H21F2N3O/c1-14(15-5-2-8-18(22)11-15)26-10-4-7-17(13-26)21-24-20(25-27-21)16-6-3-9-19(23)12-16/h2-3,5-6,8-9,11-12,14,17H,4,7,10,13H2,1H3. The lowest BCUT2D eigenvalue weighted by Gasteiger charge is -2.35. The number of hydrogen-bond acceptors (Lipinski definition) is 4. The second kappa shape index (κ2) is 7.56. The maximum absolute atomic E-state index is 13.6. The van der Waals surface area contributed by atoms with Crippen LogP contribution < -0.4 is 0 Å². The minimum Gasteiger partial charge on any atom is -0.339 e. The summed E-state index contributed by atoms with van der Waals surface area (Å²) >= 11 is 0. The minimum absolute atomic E-state index is 0.106. The van der Waals surface area contributed by atoms with Crippen molar-refractivity contribution in [2.75, 3.05) is 13.1 Å². The molecule has 140 valence electrons. The zero-order valence-electron chi connectivity index (χ0n) is 15.1. The van der Waals surface area contributed by atoms with Crippen molar-refractivity contribution >= 4 is 0 Å². The van der Waals surface area contributed by atoms with Crippen LogP contribution in [0.2, 0.25) is 0 Å². The van der Waals surface area contributed by atoms with Gasteiger partial charge in [0.25, 0.3) is 0 Å². The van der Waals surface area contributed by atoms with E-state index in [0.29, 0.717) is 17.3 Å². The van der Waals surface area contributed by atoms with Crippen LogP contribution >= 0.6 is 0 Å². The first kappa shape index (κ1) is 17.8. The van der Waals surface area contributed by atoms with E-state index in [4.69, 9.17) is 4.52 Å². The van der Waals surface area contributed by atoms with Crippen molar-refractivity contribution in [1.29, 1.82) is 0 Å². The molecule has 2 aromatic carbocycles. The predicted molar refractivity (Wildman–Crippen MR) is 98.1 cm³/mol. The summed E-state index contributed by atoms with van der Waals surface area (Å²) in [5.74, 6) is 0.547. The van der Waals surface area contributed by atoms with E-state index in [2.05, 4.69) is 22.0 Å². The normalized spacial score (nSPS) is 19.1. The SMILES string of the molecule is CC(c1cccc(F)c1)N1CCCC(c2nc(-c3cccc(F)c3)no2)C1. The number of likely N-dealkylation sites (tertiary alicyclic amines) is 1. The fourth-order valence-electron chi connectivity index (χ4n) is 3.68. The molecule has 2 atom stereocenters. The summed E-state index contributed by atoms with van der Waals surface area (Å²) in [6, 6.07) is 13.0. The number of halogens is 2. The summed E-state index contributed by atoms with van der Waals surface area (Å²) in [6.07, 6.45) is 1.96. The molecule has 1 aliphatic rings. The van der Waals surface area contributed by atoms with E-state index >= 15 is 0 Å². The highest BCUT2D eigenvalue weighted by atomic mass is 19.1. The van der Waals surface area contributed by atoms with E-state index in [-0.39, 0.29) is 23.6 Å². The van der Waals surface area contributed by atoms with E-state index in [1.807, 2.05) is 6.07 Å². The van der Waals surface area contributed by atoms with Crippen molar-refractivity contribution in [3.05, 3.63) is 71.6 Å². The molecule has 27 heavy (non-hydrogen) atoms. The van der Waals surface area contributed by atoms with Crippen LogP contribution in [0.1, 0.15) is 43.2 Å². The molecule has 0 saturated carbocycles. The number of nitrogens with zero attached hydrogens (tertiary/aromatic N) is 3. The van der Waals surface area contributed by atoms with E-state index in [1.165, 1.54) is 18.2 Å². The van der Waals surface area contributed by atoms with Gasteiger partial charge in [0.2, 0.25) is 11.7 Å². The van der Waals surface area contributed by atoms with Crippen molar-refractivity contribution in [2.24, 2.45) is 0 Å². The summed E-state index contributed by atoms with van der Waals surface area (Å²) in [7, 11) is 0. The quantitative estimate of drug-likeness (QED) is 0.652. The molecule has 1 fully saturated rings. The average Bonchev–Trinajstić information content (AvgIpc) is 3.18. The second-order valence-corrected chi connectivity index (χ2v) is 7.03. The molecule has 4 nitrogen and oxygen atoms in total. The van der Waals surface area contributed by atoms with Gasteiger partial charge in [0.15, 0.2) is 0 Å². The van der Waals surface area contributed by atoms with Crippen LogP contribution in [-0.4, -0.2) is 28.1 Å². The first-order valence-electron chi connectivity index (χ1n) is 9.19. The third kappa shape index (κ3) is 3.90. The van der Waals surface area contributed by atoms with Crippen molar-refractivity contribution in [3.63, 3.8) is 0 Å². The third-order valence-electron chi connectivity index (χ3n) is 5.21. The highest BCUT2D eigenvalue weighted by Crippen LogP contribution is 2.32. The molecular weight excluding hydrogens is 348 g/mol. The van der Waals surface area contributed by atoms with Crippen molar-refractivity contribution in [3.8, 4) is 11.4 Å². The first-order chi connectivity index (χ1) is 13.1. The number of hydrogen-bond donors (Lipinski definition) is 0. The first-order valence-corrected chi connectivity index (χ1v) is 9.19. The second-order valence-electron chi connectivity index (χ2n) is 7.03. The van der Waals surface area contributed by atoms with Gasteiger partial charge in [-0.15, -0.1) is 0 Å². The zero-order chi connectivity index (χ0) is 18.8. The van der Waals surface area contributed by atoms with Gasteiger partial charge in [0, 0.05) is 18.2 Å². The molecule has 1 aromatic heterocycles. The monoisotopic (exact) mass is 369 g/mol. The van der Waals surface area contributed by atoms with E-state index in [9.17, 15) is 8.78 Å². The van der Waals surface area contributed by atoms with Crippen LogP contribution in [-0.2, 0) is 0 Å². The van der Waals surface area contributed by atoms with Crippen LogP contribution in [0, 0.1) is 11.6 Å². The van der Waals surface area contributed by atoms with Gasteiger partial charge < -0.3 is 4.52 Å². The Bertz CT molecular complexity index is 927. The molecule has 0 N–H and O–H groups in total. The van der Waals surface area contributed by atoms with Gasteiger partial charge in [0.1, 0.15) is 11.6 Å². The van der Waals surface area contributed by atoms with Crippen LogP contribution in [0.25, 0.3) is 11.4 Å². The Kier molecular flexibility index (Phi) is 4.99. The smallest absolute Gasteiger partial charge is 0.231 e. The molecular formula is C21H21F2N3O. The number of benzene rings is 2. The van der Waals surface area contributed by atoms with Gasteiger partial charge in [-0.3, -0.25) is 4.90 Å². The van der Waals surface area contributed by atoms with Crippen molar-refractivity contribution in [1.82, 2.24) is 15.0 Å². The van der Waals surface area contributed by atoms with Gasteiger partial charge in [-0.05, 0) is 56.1 Å². The third-order valence-corrected chi connectivity index (χ3v) is 5.21. The van der Waals surface area contributed by atoms with Gasteiger partial charge in [-0.2, -0.15) is 4.98 Å². The maximum atomic E-state index is 13.6. The summed E-state index contributed by atoms with van der Waals surface area (Å²) in [6.45, 7) is 3.80. The number of piperidine rings is 1. The zero-order valence-corrected chi connectivity index (χ0v) is 15.1. The molecule has 1 aliphatic heterocycles. The Hall–Kier alpha value is -2.60. The van der Waals surface area contributed by atoms with Crippen molar-refractivity contribution in [2.45, 2.75) is 31.7 Å². The molecule has 6 heteroatoms. The molecule has 0 aliphatic carbocycles. The molecule has 0 amide bonds.